The summed E-state index contributed by atoms with van der Waals surface area (Å²) in [4.78, 5) is 11.6. The summed E-state index contributed by atoms with van der Waals surface area (Å²) in [6.07, 6.45) is -1.59. The highest BCUT2D eigenvalue weighted by Crippen LogP contribution is 2.36. The number of thiazole rings is 1. The molecule has 0 bridgehead atoms. The van der Waals surface area contributed by atoms with Gasteiger partial charge in [-0.15, -0.1) is 11.3 Å². The maximum Gasteiger partial charge on any atom is 0.443 e. The first-order valence-electron chi connectivity index (χ1n) is 5.87. The first-order chi connectivity index (χ1) is 9.95. The third kappa shape index (κ3) is 2.72. The van der Waals surface area contributed by atoms with Crippen molar-refractivity contribution in [1.82, 2.24) is 15.0 Å². The van der Waals surface area contributed by atoms with Crippen molar-refractivity contribution < 1.29 is 18.3 Å². The standard InChI is InChI=1S/C13H8F3N3OS/c14-13(15,16)12-19-6-10(21-12)11(20)7-1-2-8-9(5-7)18-4-3-17-8/h1-6,11,20H. The highest BCUT2D eigenvalue weighted by atomic mass is 32.1. The van der Waals surface area contributed by atoms with Gasteiger partial charge >= 0.3 is 6.18 Å². The summed E-state index contributed by atoms with van der Waals surface area (Å²) in [7, 11) is 0. The first kappa shape index (κ1) is 13.9. The summed E-state index contributed by atoms with van der Waals surface area (Å²) in [5, 5.41) is 9.21. The number of hydrogen-bond donors (Lipinski definition) is 1. The fourth-order valence-corrected chi connectivity index (χ4v) is 2.66. The van der Waals surface area contributed by atoms with Gasteiger partial charge in [0.15, 0.2) is 5.01 Å². The third-order valence-electron chi connectivity index (χ3n) is 2.84. The number of fused-ring (bicyclic) bond motifs is 1. The number of aliphatic hydroxyl groups excluding tert-OH is 1. The van der Waals surface area contributed by atoms with E-state index in [1.807, 2.05) is 0 Å². The minimum atomic E-state index is -4.50. The molecule has 1 N–H and O–H groups in total. The lowest BCUT2D eigenvalue weighted by Crippen LogP contribution is -2.03. The second-order valence-corrected chi connectivity index (χ2v) is 5.33. The molecule has 1 unspecified atom stereocenters. The van der Waals surface area contributed by atoms with E-state index < -0.39 is 17.3 Å². The molecule has 0 radical (unpaired) electrons. The molecule has 0 saturated carbocycles. The van der Waals surface area contributed by atoms with Crippen molar-refractivity contribution >= 4 is 22.4 Å². The van der Waals surface area contributed by atoms with Gasteiger partial charge in [0, 0.05) is 18.6 Å². The van der Waals surface area contributed by atoms with E-state index >= 15 is 0 Å². The van der Waals surface area contributed by atoms with Gasteiger partial charge in [-0.2, -0.15) is 13.2 Å². The molecule has 4 nitrogen and oxygen atoms in total. The molecule has 0 aliphatic rings. The largest absolute Gasteiger partial charge is 0.443 e. The number of hydrogen-bond acceptors (Lipinski definition) is 5. The smallest absolute Gasteiger partial charge is 0.383 e. The van der Waals surface area contributed by atoms with Gasteiger partial charge in [-0.25, -0.2) is 4.98 Å². The highest BCUT2D eigenvalue weighted by molar-refractivity contribution is 7.11. The van der Waals surface area contributed by atoms with Crippen molar-refractivity contribution in [3.63, 3.8) is 0 Å². The number of nitrogens with zero attached hydrogens (tertiary/aromatic N) is 3. The van der Waals surface area contributed by atoms with Gasteiger partial charge in [-0.3, -0.25) is 9.97 Å². The van der Waals surface area contributed by atoms with Crippen molar-refractivity contribution in [2.45, 2.75) is 12.3 Å². The van der Waals surface area contributed by atoms with Crippen LogP contribution in [0.15, 0.2) is 36.8 Å². The van der Waals surface area contributed by atoms with E-state index in [0.717, 1.165) is 6.20 Å². The summed E-state index contributed by atoms with van der Waals surface area (Å²) in [5.74, 6) is 0. The van der Waals surface area contributed by atoms with Crippen LogP contribution in [0.3, 0.4) is 0 Å². The molecule has 0 aliphatic heterocycles. The summed E-state index contributed by atoms with van der Waals surface area (Å²) < 4.78 is 37.6. The monoisotopic (exact) mass is 311 g/mol. The number of benzene rings is 1. The van der Waals surface area contributed by atoms with Crippen LogP contribution < -0.4 is 0 Å². The predicted molar refractivity (Wildman–Crippen MR) is 70.7 cm³/mol. The lowest BCUT2D eigenvalue weighted by Gasteiger charge is -2.09. The number of alkyl halides is 3. The summed E-state index contributed by atoms with van der Waals surface area (Å²) >= 11 is 0.426. The number of halogens is 3. The Kier molecular flexibility index (Phi) is 3.34. The summed E-state index contributed by atoms with van der Waals surface area (Å²) in [6, 6.07) is 4.86. The Morgan fingerprint density at radius 2 is 1.76 bits per heavy atom. The molecule has 0 saturated heterocycles. The molecule has 3 aromatic rings. The zero-order valence-electron chi connectivity index (χ0n) is 10.4. The van der Waals surface area contributed by atoms with Crippen LogP contribution in [-0.2, 0) is 6.18 Å². The van der Waals surface area contributed by atoms with E-state index in [9.17, 15) is 18.3 Å². The Balaban J connectivity index is 1.96. The Morgan fingerprint density at radius 3 is 2.43 bits per heavy atom. The maximum atomic E-state index is 12.5. The molecular formula is C13H8F3N3OS. The second-order valence-electron chi connectivity index (χ2n) is 4.27. The molecule has 1 aromatic carbocycles. The van der Waals surface area contributed by atoms with Crippen LogP contribution in [0.2, 0.25) is 0 Å². The fourth-order valence-electron chi connectivity index (χ4n) is 1.86. The molecule has 0 fully saturated rings. The molecule has 0 spiro atoms. The Labute approximate surface area is 120 Å². The van der Waals surface area contributed by atoms with Gasteiger partial charge in [0.1, 0.15) is 6.10 Å². The van der Waals surface area contributed by atoms with Crippen LogP contribution in [-0.4, -0.2) is 20.1 Å². The lowest BCUT2D eigenvalue weighted by molar-refractivity contribution is -0.137. The summed E-state index contributed by atoms with van der Waals surface area (Å²) in [5.41, 5.74) is 1.66. The molecule has 8 heteroatoms. The number of aliphatic hydroxyl groups is 1. The van der Waals surface area contributed by atoms with Crippen molar-refractivity contribution in [3.05, 3.63) is 52.2 Å². The van der Waals surface area contributed by atoms with E-state index in [-0.39, 0.29) is 4.88 Å². The van der Waals surface area contributed by atoms with E-state index in [4.69, 9.17) is 0 Å². The first-order valence-corrected chi connectivity index (χ1v) is 6.68. The van der Waals surface area contributed by atoms with E-state index in [0.29, 0.717) is 27.9 Å². The topological polar surface area (TPSA) is 58.9 Å². The molecule has 0 aliphatic carbocycles. The minimum absolute atomic E-state index is 0.130. The lowest BCUT2D eigenvalue weighted by atomic mass is 10.1. The number of rotatable bonds is 2. The van der Waals surface area contributed by atoms with Gasteiger partial charge in [0.05, 0.1) is 15.9 Å². The van der Waals surface area contributed by atoms with Gasteiger partial charge < -0.3 is 5.11 Å². The predicted octanol–water partition coefficient (Wildman–Crippen LogP) is 3.19. The maximum absolute atomic E-state index is 12.5. The molecule has 2 heterocycles. The fraction of sp³-hybridized carbons (Fsp3) is 0.154. The third-order valence-corrected chi connectivity index (χ3v) is 3.94. The quantitative estimate of drug-likeness (QED) is 0.789. The van der Waals surface area contributed by atoms with E-state index in [1.54, 1.807) is 18.2 Å². The molecule has 0 amide bonds. The Hall–Kier alpha value is -2.06. The van der Waals surface area contributed by atoms with Gasteiger partial charge in [0.2, 0.25) is 0 Å². The second kappa shape index (κ2) is 5.05. The SMILES string of the molecule is OC(c1ccc2nccnc2c1)c1cnc(C(F)(F)F)s1. The van der Waals surface area contributed by atoms with Crippen LogP contribution in [0.1, 0.15) is 21.6 Å². The van der Waals surface area contributed by atoms with Gasteiger partial charge in [-0.1, -0.05) is 6.07 Å². The number of aromatic nitrogens is 3. The minimum Gasteiger partial charge on any atom is -0.383 e. The van der Waals surface area contributed by atoms with Crippen LogP contribution in [0.4, 0.5) is 13.2 Å². The molecule has 108 valence electrons. The Bertz CT molecular complexity index is 787. The van der Waals surface area contributed by atoms with Crippen molar-refractivity contribution in [2.75, 3.05) is 0 Å². The highest BCUT2D eigenvalue weighted by Gasteiger charge is 2.35. The van der Waals surface area contributed by atoms with Gasteiger partial charge in [0.25, 0.3) is 0 Å². The average Bonchev–Trinajstić information content (AvgIpc) is 2.96. The van der Waals surface area contributed by atoms with E-state index in [1.165, 1.54) is 12.4 Å². The molecule has 3 rings (SSSR count). The van der Waals surface area contributed by atoms with Crippen LogP contribution in [0.5, 0.6) is 0 Å². The zero-order chi connectivity index (χ0) is 15.0. The van der Waals surface area contributed by atoms with Crippen LogP contribution in [0, 0.1) is 0 Å². The average molecular weight is 311 g/mol. The van der Waals surface area contributed by atoms with Gasteiger partial charge in [-0.05, 0) is 17.7 Å². The van der Waals surface area contributed by atoms with E-state index in [2.05, 4.69) is 15.0 Å². The van der Waals surface area contributed by atoms with Crippen molar-refractivity contribution in [2.24, 2.45) is 0 Å². The Morgan fingerprint density at radius 1 is 1.05 bits per heavy atom. The summed E-state index contributed by atoms with van der Waals surface area (Å²) in [6.45, 7) is 0. The normalized spacial score (nSPS) is 13.5. The van der Waals surface area contributed by atoms with Crippen molar-refractivity contribution in [3.8, 4) is 0 Å². The molecule has 21 heavy (non-hydrogen) atoms. The van der Waals surface area contributed by atoms with Crippen LogP contribution >= 0.6 is 11.3 Å². The molecular weight excluding hydrogens is 303 g/mol. The van der Waals surface area contributed by atoms with Crippen molar-refractivity contribution in [1.29, 1.82) is 0 Å². The molecule has 1 atom stereocenters. The molecule has 2 aromatic heterocycles. The van der Waals surface area contributed by atoms with Crippen LogP contribution in [0.25, 0.3) is 11.0 Å². The zero-order valence-corrected chi connectivity index (χ0v) is 11.2.